The van der Waals surface area contributed by atoms with Crippen LogP contribution in [-0.4, -0.2) is 34.1 Å². The van der Waals surface area contributed by atoms with E-state index in [1.807, 2.05) is 0 Å². The molecule has 74 valence electrons. The molecule has 0 spiro atoms. The molecule has 4 nitrogen and oxygen atoms in total. The molecule has 0 radical (unpaired) electrons. The first-order valence-corrected chi connectivity index (χ1v) is 4.50. The predicted molar refractivity (Wildman–Crippen MR) is 50.3 cm³/mol. The van der Waals surface area contributed by atoms with Crippen LogP contribution in [-0.2, 0) is 0 Å². The van der Waals surface area contributed by atoms with Gasteiger partial charge in [-0.15, -0.1) is 0 Å². The van der Waals surface area contributed by atoms with E-state index in [-0.39, 0.29) is 23.0 Å². The molecule has 14 heavy (non-hydrogen) atoms. The van der Waals surface area contributed by atoms with Crippen molar-refractivity contribution in [3.05, 3.63) is 23.8 Å². The van der Waals surface area contributed by atoms with E-state index >= 15 is 0 Å². The summed E-state index contributed by atoms with van der Waals surface area (Å²) in [5.41, 5.74) is 0.171. The molecular weight excluding hydrogens is 182 g/mol. The van der Waals surface area contributed by atoms with Crippen LogP contribution in [0.5, 0.6) is 11.5 Å². The van der Waals surface area contributed by atoms with Crippen molar-refractivity contribution < 1.29 is 15.0 Å². The molecule has 0 saturated carbocycles. The largest absolute Gasteiger partial charge is 0.508 e. The molecule has 0 aliphatic carbocycles. The first-order chi connectivity index (χ1) is 6.68. The quantitative estimate of drug-likeness (QED) is 0.652. The first-order valence-electron chi connectivity index (χ1n) is 4.50. The summed E-state index contributed by atoms with van der Waals surface area (Å²) in [6, 6.07) is 3.96. The standard InChI is InChI=1S/C10H11NO3/c12-7-2-3-9(13)8(6-7)10(14)11-4-1-5-11/h2-3,6,12-13H,1,4-5H2. The molecule has 2 rings (SSSR count). The molecule has 1 aromatic rings. The number of phenolic OH excluding ortho intramolecular Hbond substituents is 2. The number of carbonyl (C=O) groups excluding carboxylic acids is 1. The summed E-state index contributed by atoms with van der Waals surface area (Å²) >= 11 is 0. The smallest absolute Gasteiger partial charge is 0.257 e. The van der Waals surface area contributed by atoms with Crippen molar-refractivity contribution in [2.24, 2.45) is 0 Å². The number of amides is 1. The number of benzene rings is 1. The van der Waals surface area contributed by atoms with Crippen molar-refractivity contribution in [1.29, 1.82) is 0 Å². The van der Waals surface area contributed by atoms with Gasteiger partial charge in [0.1, 0.15) is 11.5 Å². The number of hydrogen-bond donors (Lipinski definition) is 2. The van der Waals surface area contributed by atoms with E-state index in [0.717, 1.165) is 19.5 Å². The summed E-state index contributed by atoms with van der Waals surface area (Å²) in [5.74, 6) is -0.309. The van der Waals surface area contributed by atoms with Crippen molar-refractivity contribution >= 4 is 5.91 Å². The third-order valence-corrected chi connectivity index (χ3v) is 2.35. The maximum Gasteiger partial charge on any atom is 0.257 e. The Morgan fingerprint density at radius 3 is 2.57 bits per heavy atom. The third-order valence-electron chi connectivity index (χ3n) is 2.35. The normalized spacial score (nSPS) is 15.0. The molecule has 1 heterocycles. The Labute approximate surface area is 81.4 Å². The lowest BCUT2D eigenvalue weighted by Crippen LogP contribution is -2.42. The zero-order valence-corrected chi connectivity index (χ0v) is 7.60. The fourth-order valence-corrected chi connectivity index (χ4v) is 1.38. The Morgan fingerprint density at radius 1 is 1.29 bits per heavy atom. The average Bonchev–Trinajstić information content (AvgIpc) is 2.06. The maximum absolute atomic E-state index is 11.7. The third kappa shape index (κ3) is 1.39. The van der Waals surface area contributed by atoms with E-state index in [1.54, 1.807) is 4.90 Å². The number of hydrogen-bond acceptors (Lipinski definition) is 3. The summed E-state index contributed by atoms with van der Waals surface area (Å²) in [6.45, 7) is 1.46. The van der Waals surface area contributed by atoms with Gasteiger partial charge in [0.25, 0.3) is 5.91 Å². The Bertz CT molecular complexity index is 372. The molecule has 1 fully saturated rings. The highest BCUT2D eigenvalue weighted by Crippen LogP contribution is 2.24. The van der Waals surface area contributed by atoms with Crippen molar-refractivity contribution in [3.63, 3.8) is 0 Å². The highest BCUT2D eigenvalue weighted by molar-refractivity contribution is 5.97. The lowest BCUT2D eigenvalue weighted by molar-refractivity contribution is 0.0648. The topological polar surface area (TPSA) is 60.8 Å². The highest BCUT2D eigenvalue weighted by atomic mass is 16.3. The van der Waals surface area contributed by atoms with Crippen molar-refractivity contribution in [2.45, 2.75) is 6.42 Å². The van der Waals surface area contributed by atoms with Gasteiger partial charge in [0.15, 0.2) is 0 Å². The van der Waals surface area contributed by atoms with Crippen LogP contribution < -0.4 is 0 Å². The molecule has 1 aliphatic heterocycles. The van der Waals surface area contributed by atoms with Crippen LogP contribution in [0.3, 0.4) is 0 Å². The zero-order chi connectivity index (χ0) is 10.1. The minimum atomic E-state index is -0.218. The van der Waals surface area contributed by atoms with E-state index in [0.29, 0.717) is 0 Å². The number of likely N-dealkylation sites (tertiary alicyclic amines) is 1. The van der Waals surface area contributed by atoms with E-state index in [1.165, 1.54) is 18.2 Å². The molecule has 1 saturated heterocycles. The van der Waals surface area contributed by atoms with Gasteiger partial charge in [-0.25, -0.2) is 0 Å². The van der Waals surface area contributed by atoms with Crippen molar-refractivity contribution in [2.75, 3.05) is 13.1 Å². The second-order valence-corrected chi connectivity index (χ2v) is 3.35. The monoisotopic (exact) mass is 193 g/mol. The highest BCUT2D eigenvalue weighted by Gasteiger charge is 2.23. The molecular formula is C10H11NO3. The Morgan fingerprint density at radius 2 is 2.00 bits per heavy atom. The number of nitrogens with zero attached hydrogens (tertiary/aromatic N) is 1. The first kappa shape index (κ1) is 8.87. The van der Waals surface area contributed by atoms with Crippen molar-refractivity contribution in [3.8, 4) is 11.5 Å². The molecule has 2 N–H and O–H groups in total. The van der Waals surface area contributed by atoms with Gasteiger partial charge in [-0.05, 0) is 24.6 Å². The second kappa shape index (κ2) is 3.21. The van der Waals surface area contributed by atoms with Gasteiger partial charge in [-0.2, -0.15) is 0 Å². The molecule has 0 unspecified atom stereocenters. The van der Waals surface area contributed by atoms with Gasteiger partial charge in [-0.3, -0.25) is 4.79 Å². The minimum absolute atomic E-state index is 0.00771. The van der Waals surface area contributed by atoms with E-state index in [2.05, 4.69) is 0 Å². The van der Waals surface area contributed by atoms with Gasteiger partial charge in [0, 0.05) is 13.1 Å². The van der Waals surface area contributed by atoms with Crippen LogP contribution in [0.25, 0.3) is 0 Å². The fourth-order valence-electron chi connectivity index (χ4n) is 1.38. The van der Waals surface area contributed by atoms with E-state index in [4.69, 9.17) is 0 Å². The van der Waals surface area contributed by atoms with Crippen LogP contribution >= 0.6 is 0 Å². The lowest BCUT2D eigenvalue weighted by Gasteiger charge is -2.31. The summed E-state index contributed by atoms with van der Waals surface area (Å²) in [4.78, 5) is 13.3. The van der Waals surface area contributed by atoms with Crippen molar-refractivity contribution in [1.82, 2.24) is 4.90 Å². The van der Waals surface area contributed by atoms with Crippen LogP contribution in [0.4, 0.5) is 0 Å². The minimum Gasteiger partial charge on any atom is -0.508 e. The predicted octanol–water partition coefficient (Wildman–Crippen LogP) is 0.944. The SMILES string of the molecule is O=C(c1cc(O)ccc1O)N1CCC1. The average molecular weight is 193 g/mol. The molecule has 1 amide bonds. The van der Waals surface area contributed by atoms with Crippen LogP contribution in [0.15, 0.2) is 18.2 Å². The van der Waals surface area contributed by atoms with Gasteiger partial charge >= 0.3 is 0 Å². The molecule has 0 atom stereocenters. The Hall–Kier alpha value is -1.71. The summed E-state index contributed by atoms with van der Waals surface area (Å²) < 4.78 is 0. The van der Waals surface area contributed by atoms with Gasteiger partial charge in [-0.1, -0.05) is 0 Å². The molecule has 1 aliphatic rings. The summed E-state index contributed by atoms with van der Waals surface area (Å²) in [5, 5.41) is 18.6. The van der Waals surface area contributed by atoms with Gasteiger partial charge < -0.3 is 15.1 Å². The second-order valence-electron chi connectivity index (χ2n) is 3.35. The molecule has 0 aromatic heterocycles. The van der Waals surface area contributed by atoms with Crippen LogP contribution in [0, 0.1) is 0 Å². The number of phenols is 2. The number of aromatic hydroxyl groups is 2. The van der Waals surface area contributed by atoms with E-state index < -0.39 is 0 Å². The molecule has 1 aromatic carbocycles. The molecule has 4 heteroatoms. The molecule has 0 bridgehead atoms. The summed E-state index contributed by atoms with van der Waals surface area (Å²) in [7, 11) is 0. The Balaban J connectivity index is 2.29. The fraction of sp³-hybridized carbons (Fsp3) is 0.300. The number of rotatable bonds is 1. The van der Waals surface area contributed by atoms with Gasteiger partial charge in [0.2, 0.25) is 0 Å². The van der Waals surface area contributed by atoms with Crippen LogP contribution in [0.2, 0.25) is 0 Å². The Kier molecular flexibility index (Phi) is 2.04. The van der Waals surface area contributed by atoms with Crippen LogP contribution in [0.1, 0.15) is 16.8 Å². The van der Waals surface area contributed by atoms with E-state index in [9.17, 15) is 15.0 Å². The maximum atomic E-state index is 11.7. The van der Waals surface area contributed by atoms with Gasteiger partial charge in [0.05, 0.1) is 5.56 Å². The zero-order valence-electron chi connectivity index (χ0n) is 7.60. The number of carbonyl (C=O) groups is 1. The lowest BCUT2D eigenvalue weighted by atomic mass is 10.1. The summed E-state index contributed by atoms with van der Waals surface area (Å²) in [6.07, 6.45) is 1.01.